The Morgan fingerprint density at radius 2 is 2.10 bits per heavy atom. The molecular weight excluding hydrogens is 388 g/mol. The van der Waals surface area contributed by atoms with Gasteiger partial charge in [-0.3, -0.25) is 4.79 Å². The van der Waals surface area contributed by atoms with Gasteiger partial charge in [0.1, 0.15) is 5.70 Å². The number of aliphatic hydroxyl groups excluding tert-OH is 1. The van der Waals surface area contributed by atoms with Gasteiger partial charge in [-0.25, -0.2) is 9.59 Å². The van der Waals surface area contributed by atoms with Crippen LogP contribution in [0.3, 0.4) is 0 Å². The zero-order valence-electron chi connectivity index (χ0n) is 16.3. The van der Waals surface area contributed by atoms with E-state index in [1.165, 1.54) is 4.90 Å². The minimum Gasteiger partial charge on any atom is -0.477 e. The van der Waals surface area contributed by atoms with Gasteiger partial charge in [0, 0.05) is 11.6 Å². The summed E-state index contributed by atoms with van der Waals surface area (Å²) in [5.41, 5.74) is 1.34. The number of nitrogens with zero attached hydrogens (tertiary/aromatic N) is 2. The second-order valence-electron chi connectivity index (χ2n) is 7.96. The Labute approximate surface area is 173 Å². The molecule has 9 heteroatoms. The summed E-state index contributed by atoms with van der Waals surface area (Å²) in [6, 6.07) is 7.05. The van der Waals surface area contributed by atoms with Crippen molar-refractivity contribution in [1.82, 2.24) is 10.2 Å². The third kappa shape index (κ3) is 3.09. The number of urea groups is 1. The Morgan fingerprint density at radius 3 is 2.77 bits per heavy atom. The average molecular weight is 410 g/mol. The van der Waals surface area contributed by atoms with Gasteiger partial charge in [-0.1, -0.05) is 12.5 Å². The molecule has 2 fully saturated rings. The lowest BCUT2D eigenvalue weighted by molar-refractivity contribution is -0.163. The van der Waals surface area contributed by atoms with Crippen molar-refractivity contribution in [2.75, 3.05) is 5.32 Å². The highest BCUT2D eigenvalue weighted by atomic mass is 16.4. The van der Waals surface area contributed by atoms with Crippen LogP contribution in [0.25, 0.3) is 0 Å². The molecule has 1 aromatic carbocycles. The maximum atomic E-state index is 12.6. The minimum atomic E-state index is -1.20. The summed E-state index contributed by atoms with van der Waals surface area (Å²) in [7, 11) is 0. The first-order valence-corrected chi connectivity index (χ1v) is 9.89. The van der Waals surface area contributed by atoms with Gasteiger partial charge in [0.05, 0.1) is 35.7 Å². The number of anilines is 1. The van der Waals surface area contributed by atoms with Gasteiger partial charge in [-0.05, 0) is 43.5 Å². The number of fused-ring (bicyclic) bond motifs is 3. The normalized spacial score (nSPS) is 28.0. The average Bonchev–Trinajstić information content (AvgIpc) is 2.99. The molecule has 1 saturated carbocycles. The van der Waals surface area contributed by atoms with E-state index >= 15 is 0 Å². The maximum Gasteiger partial charge on any atom is 0.352 e. The van der Waals surface area contributed by atoms with Crippen molar-refractivity contribution in [1.29, 1.82) is 5.26 Å². The Balaban J connectivity index is 1.58. The number of rotatable bonds is 4. The van der Waals surface area contributed by atoms with Gasteiger partial charge < -0.3 is 25.7 Å². The number of hydrogen-bond acceptors (Lipinski definition) is 5. The number of benzene rings is 1. The number of nitriles is 1. The predicted molar refractivity (Wildman–Crippen MR) is 105 cm³/mol. The number of aliphatic carboxylic acids is 1. The summed E-state index contributed by atoms with van der Waals surface area (Å²) >= 11 is 0. The SMILES string of the molecule is CC(O)[C@H]1C(=O)N2C(C(=O)O)=C3[C@@H](NC(=O)Nc4cccc(C#N)c4)CCC[C@@H]3[C@H]12. The van der Waals surface area contributed by atoms with E-state index in [0.29, 0.717) is 29.7 Å². The monoisotopic (exact) mass is 410 g/mol. The molecule has 3 amide bonds. The van der Waals surface area contributed by atoms with Crippen LogP contribution < -0.4 is 10.6 Å². The Hall–Kier alpha value is -3.38. The summed E-state index contributed by atoms with van der Waals surface area (Å²) in [6.45, 7) is 1.54. The van der Waals surface area contributed by atoms with E-state index in [9.17, 15) is 24.6 Å². The summed E-state index contributed by atoms with van der Waals surface area (Å²) in [5, 5.41) is 34.3. The quantitative estimate of drug-likeness (QED) is 0.553. The Bertz CT molecular complexity index is 995. The largest absolute Gasteiger partial charge is 0.477 e. The lowest BCUT2D eigenvalue weighted by atomic mass is 9.71. The topological polar surface area (TPSA) is 143 Å². The fraction of sp³-hybridized carbons (Fsp3) is 0.429. The number of carboxylic acids is 1. The molecule has 5 atom stereocenters. The van der Waals surface area contributed by atoms with Crippen LogP contribution >= 0.6 is 0 Å². The number of β-lactam (4-membered cyclic amide) rings is 1. The lowest BCUT2D eigenvalue weighted by Gasteiger charge is -2.47. The van der Waals surface area contributed by atoms with Crippen LogP contribution in [0.4, 0.5) is 10.5 Å². The molecule has 1 aromatic rings. The van der Waals surface area contributed by atoms with E-state index in [1.54, 1.807) is 31.2 Å². The van der Waals surface area contributed by atoms with Gasteiger partial charge in [0.25, 0.3) is 0 Å². The lowest BCUT2D eigenvalue weighted by Crippen LogP contribution is -2.64. The number of nitrogens with one attached hydrogen (secondary N) is 2. The van der Waals surface area contributed by atoms with E-state index in [-0.39, 0.29) is 23.6 Å². The molecule has 0 radical (unpaired) electrons. The molecule has 30 heavy (non-hydrogen) atoms. The van der Waals surface area contributed by atoms with Crippen molar-refractivity contribution in [3.63, 3.8) is 0 Å². The fourth-order valence-electron chi connectivity index (χ4n) is 5.03. The molecule has 4 rings (SSSR count). The third-order valence-corrected chi connectivity index (χ3v) is 6.18. The molecule has 0 spiro atoms. The van der Waals surface area contributed by atoms with E-state index < -0.39 is 30.1 Å². The molecule has 1 unspecified atom stereocenters. The van der Waals surface area contributed by atoms with E-state index in [0.717, 1.165) is 6.42 Å². The maximum absolute atomic E-state index is 12.6. The van der Waals surface area contributed by atoms with Crippen molar-refractivity contribution in [2.45, 2.75) is 44.4 Å². The van der Waals surface area contributed by atoms with Gasteiger partial charge >= 0.3 is 12.0 Å². The molecule has 1 aliphatic carbocycles. The van der Waals surface area contributed by atoms with Crippen LogP contribution in [-0.4, -0.2) is 51.2 Å². The highest BCUT2D eigenvalue weighted by Gasteiger charge is 2.62. The van der Waals surface area contributed by atoms with E-state index in [4.69, 9.17) is 5.26 Å². The highest BCUT2D eigenvalue weighted by molar-refractivity contribution is 6.00. The number of amides is 3. The molecule has 0 aromatic heterocycles. The zero-order chi connectivity index (χ0) is 21.6. The van der Waals surface area contributed by atoms with E-state index in [1.807, 2.05) is 6.07 Å². The highest BCUT2D eigenvalue weighted by Crippen LogP contribution is 2.52. The summed E-state index contributed by atoms with van der Waals surface area (Å²) < 4.78 is 0. The van der Waals surface area contributed by atoms with Crippen LogP contribution in [0.5, 0.6) is 0 Å². The smallest absolute Gasteiger partial charge is 0.352 e. The minimum absolute atomic E-state index is 0.0663. The molecular formula is C21H22N4O5. The predicted octanol–water partition coefficient (Wildman–Crippen LogP) is 1.41. The van der Waals surface area contributed by atoms with Gasteiger partial charge in [-0.2, -0.15) is 5.26 Å². The van der Waals surface area contributed by atoms with Crippen LogP contribution in [0.15, 0.2) is 35.5 Å². The van der Waals surface area contributed by atoms with Crippen LogP contribution in [0.1, 0.15) is 31.7 Å². The first kappa shape index (κ1) is 19.9. The molecule has 1 saturated heterocycles. The van der Waals surface area contributed by atoms with Crippen molar-refractivity contribution < 1.29 is 24.6 Å². The molecule has 0 bridgehead atoms. The number of carbonyl (C=O) groups excluding carboxylic acids is 2. The molecule has 2 aliphatic heterocycles. The number of hydrogen-bond donors (Lipinski definition) is 4. The molecule has 2 heterocycles. The van der Waals surface area contributed by atoms with Crippen molar-refractivity contribution in [2.24, 2.45) is 11.8 Å². The first-order chi connectivity index (χ1) is 14.3. The molecule has 9 nitrogen and oxygen atoms in total. The van der Waals surface area contributed by atoms with Crippen molar-refractivity contribution >= 4 is 23.6 Å². The second kappa shape index (κ2) is 7.46. The van der Waals surface area contributed by atoms with Gasteiger partial charge in [0.2, 0.25) is 5.91 Å². The second-order valence-corrected chi connectivity index (χ2v) is 7.96. The third-order valence-electron chi connectivity index (χ3n) is 6.18. The van der Waals surface area contributed by atoms with Crippen molar-refractivity contribution in [3.8, 4) is 6.07 Å². The molecule has 156 valence electrons. The number of aliphatic hydroxyl groups is 1. The van der Waals surface area contributed by atoms with Crippen LogP contribution in [0, 0.1) is 23.2 Å². The standard InChI is InChI=1S/C21H22N4O5/c1-10(26)15-17-13-6-3-7-14(16(13)18(20(28)29)25(17)19(15)27)24-21(30)23-12-5-2-4-11(8-12)9-22/h2,4-5,8,10,13-15,17,26H,3,6-7H2,1H3,(H,28,29)(H2,23,24,30)/t10?,13-,14-,15+,17+/m0/s1. The molecule has 3 aliphatic rings. The van der Waals surface area contributed by atoms with E-state index in [2.05, 4.69) is 10.6 Å². The zero-order valence-corrected chi connectivity index (χ0v) is 16.3. The van der Waals surface area contributed by atoms with Gasteiger partial charge in [0.15, 0.2) is 0 Å². The van der Waals surface area contributed by atoms with Crippen LogP contribution in [-0.2, 0) is 9.59 Å². The number of carbonyl (C=O) groups is 3. The summed E-state index contributed by atoms with van der Waals surface area (Å²) in [6.07, 6.45) is 1.16. The summed E-state index contributed by atoms with van der Waals surface area (Å²) in [5.74, 6) is -2.41. The Kier molecular flexibility index (Phi) is 4.95. The van der Waals surface area contributed by atoms with Gasteiger partial charge in [-0.15, -0.1) is 0 Å². The molecule has 4 N–H and O–H groups in total. The van der Waals surface area contributed by atoms with Crippen LogP contribution in [0.2, 0.25) is 0 Å². The Morgan fingerprint density at radius 1 is 1.33 bits per heavy atom. The first-order valence-electron chi connectivity index (χ1n) is 9.89. The summed E-state index contributed by atoms with van der Waals surface area (Å²) in [4.78, 5) is 38.4. The number of carboxylic acid groups (broad SMARTS) is 1. The van der Waals surface area contributed by atoms with Crippen molar-refractivity contribution in [3.05, 3.63) is 41.1 Å². The fourth-order valence-corrected chi connectivity index (χ4v) is 5.03.